The Balaban J connectivity index is 2.19. The first-order valence-electron chi connectivity index (χ1n) is 8.16. The fourth-order valence-corrected chi connectivity index (χ4v) is 3.33. The number of carbonyl (C=O) groups is 2. The van der Waals surface area contributed by atoms with Gasteiger partial charge >= 0.3 is 0 Å². The predicted molar refractivity (Wildman–Crippen MR) is 103 cm³/mol. The summed E-state index contributed by atoms with van der Waals surface area (Å²) in [5, 5.41) is 5.54. The van der Waals surface area contributed by atoms with Gasteiger partial charge in [-0.15, -0.1) is 0 Å². The number of nitrogens with one attached hydrogen (secondary N) is 2. The van der Waals surface area contributed by atoms with Crippen molar-refractivity contribution >= 4 is 33.0 Å². The molecule has 0 spiro atoms. The maximum Gasteiger partial charge on any atom is 0.255 e. The van der Waals surface area contributed by atoms with Crippen molar-refractivity contribution in [3.63, 3.8) is 0 Å². The van der Waals surface area contributed by atoms with Crippen molar-refractivity contribution in [3.8, 4) is 0 Å². The molecule has 0 bridgehead atoms. The van der Waals surface area contributed by atoms with Gasteiger partial charge in [-0.2, -0.15) is 0 Å². The molecular weight excluding hydrogens is 352 g/mol. The number of aryl methyl sites for hydroxylation is 1. The molecule has 2 amide bonds. The van der Waals surface area contributed by atoms with Gasteiger partial charge in [0.25, 0.3) is 5.91 Å². The number of hydrogen-bond acceptors (Lipinski definition) is 4. The number of hydrogen-bond donors (Lipinski definition) is 2. The normalized spacial score (nSPS) is 11.0. The molecule has 7 heteroatoms. The van der Waals surface area contributed by atoms with Crippen LogP contribution < -0.4 is 10.6 Å². The summed E-state index contributed by atoms with van der Waals surface area (Å²) >= 11 is 0. The third-order valence-electron chi connectivity index (χ3n) is 3.70. The Morgan fingerprint density at radius 1 is 1.00 bits per heavy atom. The second kappa shape index (κ2) is 8.14. The van der Waals surface area contributed by atoms with Gasteiger partial charge in [0.1, 0.15) is 0 Å². The first-order valence-corrected chi connectivity index (χ1v) is 10.2. The van der Waals surface area contributed by atoms with Crippen LogP contribution in [0.5, 0.6) is 0 Å². The van der Waals surface area contributed by atoms with Gasteiger partial charge in [-0.3, -0.25) is 9.59 Å². The minimum absolute atomic E-state index is 0.0619. The minimum atomic E-state index is -3.12. The number of carbonyl (C=O) groups excluding carboxylic acids is 2. The third kappa shape index (κ3) is 5.70. The van der Waals surface area contributed by atoms with Crippen LogP contribution in [0.4, 0.5) is 11.4 Å². The Kier molecular flexibility index (Phi) is 6.15. The summed E-state index contributed by atoms with van der Waals surface area (Å²) in [4.78, 5) is 23.7. The quantitative estimate of drug-likeness (QED) is 0.813. The maximum atomic E-state index is 12.5. The van der Waals surface area contributed by atoms with Crippen molar-refractivity contribution in [2.24, 2.45) is 0 Å². The molecule has 0 aliphatic rings. The number of rotatable bonds is 6. The van der Waals surface area contributed by atoms with Crippen LogP contribution in [0.2, 0.25) is 0 Å². The van der Waals surface area contributed by atoms with E-state index < -0.39 is 9.84 Å². The van der Waals surface area contributed by atoms with E-state index in [9.17, 15) is 18.0 Å². The summed E-state index contributed by atoms with van der Waals surface area (Å²) in [7, 11) is -3.12. The van der Waals surface area contributed by atoms with Gasteiger partial charge in [-0.25, -0.2) is 8.42 Å². The monoisotopic (exact) mass is 374 g/mol. The first kappa shape index (κ1) is 19.7. The highest BCUT2D eigenvalue weighted by molar-refractivity contribution is 7.89. The molecule has 26 heavy (non-hydrogen) atoms. The lowest BCUT2D eigenvalue weighted by molar-refractivity contribution is -0.114. The summed E-state index contributed by atoms with van der Waals surface area (Å²) in [6, 6.07) is 11.8. The lowest BCUT2D eigenvalue weighted by Gasteiger charge is -2.13. The average molecular weight is 374 g/mol. The Morgan fingerprint density at radius 3 is 2.19 bits per heavy atom. The lowest BCUT2D eigenvalue weighted by atomic mass is 10.1. The smallest absolute Gasteiger partial charge is 0.255 e. The molecule has 6 nitrogen and oxygen atoms in total. The van der Waals surface area contributed by atoms with E-state index in [-0.39, 0.29) is 17.6 Å². The molecule has 138 valence electrons. The van der Waals surface area contributed by atoms with E-state index in [2.05, 4.69) is 10.6 Å². The van der Waals surface area contributed by atoms with Crippen LogP contribution in [-0.2, 0) is 26.8 Å². The van der Waals surface area contributed by atoms with Crippen LogP contribution >= 0.6 is 0 Å². The van der Waals surface area contributed by atoms with E-state index in [0.717, 1.165) is 12.0 Å². The highest BCUT2D eigenvalue weighted by Gasteiger charge is 2.11. The molecule has 2 rings (SSSR count). The molecule has 0 fully saturated rings. The molecule has 2 aromatic carbocycles. The Bertz CT molecular complexity index is 919. The van der Waals surface area contributed by atoms with Crippen molar-refractivity contribution in [2.75, 3.05) is 16.9 Å². The molecule has 2 aromatic rings. The molecule has 0 atom stereocenters. The van der Waals surface area contributed by atoms with E-state index in [1.807, 2.05) is 13.0 Å². The van der Waals surface area contributed by atoms with Crippen molar-refractivity contribution < 1.29 is 18.0 Å². The first-order chi connectivity index (χ1) is 12.2. The van der Waals surface area contributed by atoms with Gasteiger partial charge < -0.3 is 10.6 Å². The van der Waals surface area contributed by atoms with Crippen LogP contribution in [0.15, 0.2) is 42.5 Å². The molecular formula is C19H22N2O4S. The van der Waals surface area contributed by atoms with Gasteiger partial charge in [-0.1, -0.05) is 25.1 Å². The zero-order valence-electron chi connectivity index (χ0n) is 15.0. The zero-order valence-corrected chi connectivity index (χ0v) is 15.8. The Hall–Kier alpha value is -2.67. The molecule has 0 unspecified atom stereocenters. The predicted octanol–water partition coefficient (Wildman–Crippen LogP) is 3.00. The average Bonchev–Trinajstić information content (AvgIpc) is 2.53. The van der Waals surface area contributed by atoms with Crippen LogP contribution in [0.25, 0.3) is 0 Å². The third-order valence-corrected chi connectivity index (χ3v) is 4.56. The Morgan fingerprint density at radius 2 is 1.65 bits per heavy atom. The van der Waals surface area contributed by atoms with E-state index in [0.29, 0.717) is 22.5 Å². The number of benzene rings is 2. The Labute approximate surface area is 153 Å². The zero-order chi connectivity index (χ0) is 19.3. The van der Waals surface area contributed by atoms with Gasteiger partial charge in [0.2, 0.25) is 5.91 Å². The molecule has 0 saturated carbocycles. The van der Waals surface area contributed by atoms with E-state index >= 15 is 0 Å². The van der Waals surface area contributed by atoms with Crippen LogP contribution in [0.1, 0.15) is 35.3 Å². The number of sulfone groups is 1. The van der Waals surface area contributed by atoms with E-state index in [4.69, 9.17) is 0 Å². The number of amides is 2. The van der Waals surface area contributed by atoms with Crippen molar-refractivity contribution in [1.29, 1.82) is 0 Å². The van der Waals surface area contributed by atoms with Crippen molar-refractivity contribution in [3.05, 3.63) is 59.2 Å². The topological polar surface area (TPSA) is 92.3 Å². The van der Waals surface area contributed by atoms with Crippen LogP contribution in [-0.4, -0.2) is 26.5 Å². The molecule has 2 N–H and O–H groups in total. The van der Waals surface area contributed by atoms with Gasteiger partial charge in [-0.05, 0) is 41.8 Å². The summed E-state index contributed by atoms with van der Waals surface area (Å²) in [6.45, 7) is 3.40. The fourth-order valence-electron chi connectivity index (χ4n) is 2.53. The summed E-state index contributed by atoms with van der Waals surface area (Å²) in [5.74, 6) is -0.549. The standard InChI is InChI=1S/C19H22N2O4S/c1-4-15-9-10-17(20-13(2)22)11-18(15)21-19(23)16-7-5-14(6-8-16)12-26(3,24)25/h5-11H,4,12H2,1-3H3,(H,20,22)(H,21,23). The van der Waals surface area contributed by atoms with Gasteiger partial charge in [0.05, 0.1) is 5.75 Å². The summed E-state index contributed by atoms with van der Waals surface area (Å²) < 4.78 is 22.7. The molecule has 0 aliphatic heterocycles. The fraction of sp³-hybridized carbons (Fsp3) is 0.263. The lowest BCUT2D eigenvalue weighted by Crippen LogP contribution is -2.14. The number of anilines is 2. The second-order valence-electron chi connectivity index (χ2n) is 6.13. The largest absolute Gasteiger partial charge is 0.326 e. The molecule has 0 heterocycles. The molecule has 0 radical (unpaired) electrons. The highest BCUT2D eigenvalue weighted by Crippen LogP contribution is 2.22. The SMILES string of the molecule is CCc1ccc(NC(C)=O)cc1NC(=O)c1ccc(CS(C)(=O)=O)cc1. The minimum Gasteiger partial charge on any atom is -0.326 e. The van der Waals surface area contributed by atoms with Crippen molar-refractivity contribution in [1.82, 2.24) is 0 Å². The second-order valence-corrected chi connectivity index (χ2v) is 8.27. The van der Waals surface area contributed by atoms with E-state index in [1.54, 1.807) is 36.4 Å². The van der Waals surface area contributed by atoms with Gasteiger partial charge in [0, 0.05) is 30.1 Å². The summed E-state index contributed by atoms with van der Waals surface area (Å²) in [5.41, 5.74) is 3.23. The van der Waals surface area contributed by atoms with Crippen LogP contribution in [0, 0.1) is 0 Å². The molecule has 0 aliphatic carbocycles. The summed E-state index contributed by atoms with van der Waals surface area (Å²) in [6.07, 6.45) is 1.89. The van der Waals surface area contributed by atoms with Crippen LogP contribution in [0.3, 0.4) is 0 Å². The highest BCUT2D eigenvalue weighted by atomic mass is 32.2. The van der Waals surface area contributed by atoms with E-state index in [1.165, 1.54) is 13.2 Å². The van der Waals surface area contributed by atoms with Gasteiger partial charge in [0.15, 0.2) is 9.84 Å². The van der Waals surface area contributed by atoms with Crippen molar-refractivity contribution in [2.45, 2.75) is 26.0 Å². The molecule has 0 saturated heterocycles. The maximum absolute atomic E-state index is 12.5. The molecule has 0 aromatic heterocycles.